The summed E-state index contributed by atoms with van der Waals surface area (Å²) < 4.78 is 1.56. The Morgan fingerprint density at radius 2 is 2.43 bits per heavy atom. The molecule has 2 aromatic rings. The van der Waals surface area contributed by atoms with Crippen LogP contribution in [0.2, 0.25) is 0 Å². The summed E-state index contributed by atoms with van der Waals surface area (Å²) in [6.07, 6.45) is 4.83. The van der Waals surface area contributed by atoms with E-state index in [0.717, 1.165) is 9.88 Å². The van der Waals surface area contributed by atoms with Crippen molar-refractivity contribution in [1.82, 2.24) is 14.5 Å². The Morgan fingerprint density at radius 3 is 3.07 bits per heavy atom. The Kier molecular flexibility index (Phi) is 2.41. The van der Waals surface area contributed by atoms with E-state index in [-0.39, 0.29) is 5.56 Å². The molecule has 5 heteroatoms. The number of nitrogens with zero attached hydrogens (tertiary/aromatic N) is 3. The van der Waals surface area contributed by atoms with Crippen molar-refractivity contribution in [3.8, 4) is 0 Å². The van der Waals surface area contributed by atoms with E-state index in [9.17, 15) is 4.79 Å². The molecule has 0 N–H and O–H groups in total. The van der Waals surface area contributed by atoms with Crippen LogP contribution in [0, 0.1) is 6.92 Å². The van der Waals surface area contributed by atoms with Crippen LogP contribution in [0.3, 0.4) is 0 Å². The standard InChI is InChI=1S/C9H9N3OS/c1-7-11-4-8(14-7)5-12-6-10-3-2-9(12)13/h2-4,6H,5H2,1H3. The van der Waals surface area contributed by atoms with Crippen LogP contribution in [0.1, 0.15) is 9.88 Å². The fourth-order valence-corrected chi connectivity index (χ4v) is 1.94. The van der Waals surface area contributed by atoms with Crippen LogP contribution in [-0.2, 0) is 6.54 Å². The Labute approximate surface area is 84.9 Å². The van der Waals surface area contributed by atoms with Gasteiger partial charge in [0.25, 0.3) is 5.56 Å². The zero-order valence-corrected chi connectivity index (χ0v) is 8.49. The van der Waals surface area contributed by atoms with Gasteiger partial charge in [-0.05, 0) is 6.92 Å². The predicted octanol–water partition coefficient (Wildman–Crippen LogP) is 1.06. The molecule has 0 bridgehead atoms. The van der Waals surface area contributed by atoms with Crippen LogP contribution in [0.5, 0.6) is 0 Å². The zero-order valence-electron chi connectivity index (χ0n) is 7.67. The molecule has 0 saturated carbocycles. The summed E-state index contributed by atoms with van der Waals surface area (Å²) in [5, 5.41) is 1.01. The quantitative estimate of drug-likeness (QED) is 0.739. The number of aromatic nitrogens is 3. The van der Waals surface area contributed by atoms with Gasteiger partial charge in [0.15, 0.2) is 0 Å². The average molecular weight is 207 g/mol. The van der Waals surface area contributed by atoms with Gasteiger partial charge in [-0.3, -0.25) is 9.36 Å². The molecule has 2 rings (SSSR count). The van der Waals surface area contributed by atoms with E-state index in [2.05, 4.69) is 9.97 Å². The van der Waals surface area contributed by atoms with Crippen molar-refractivity contribution in [3.05, 3.63) is 45.0 Å². The number of thiazole rings is 1. The highest BCUT2D eigenvalue weighted by atomic mass is 32.1. The maximum absolute atomic E-state index is 11.3. The maximum atomic E-state index is 11.3. The highest BCUT2D eigenvalue weighted by molar-refractivity contribution is 7.11. The first-order valence-corrected chi connectivity index (χ1v) is 4.99. The Balaban J connectivity index is 2.27. The molecule has 0 spiro atoms. The van der Waals surface area contributed by atoms with E-state index in [4.69, 9.17) is 0 Å². The lowest BCUT2D eigenvalue weighted by molar-refractivity contribution is 0.744. The van der Waals surface area contributed by atoms with Crippen LogP contribution in [0.15, 0.2) is 29.6 Å². The van der Waals surface area contributed by atoms with Crippen LogP contribution in [-0.4, -0.2) is 14.5 Å². The van der Waals surface area contributed by atoms with Crippen molar-refractivity contribution in [1.29, 1.82) is 0 Å². The molecule has 0 aromatic carbocycles. The van der Waals surface area contributed by atoms with Crippen LogP contribution in [0.25, 0.3) is 0 Å². The number of hydrogen-bond acceptors (Lipinski definition) is 4. The largest absolute Gasteiger partial charge is 0.294 e. The Hall–Kier alpha value is -1.49. The summed E-state index contributed by atoms with van der Waals surface area (Å²) in [5.74, 6) is 0. The molecule has 4 nitrogen and oxygen atoms in total. The lowest BCUT2D eigenvalue weighted by atomic mass is 10.5. The first-order chi connectivity index (χ1) is 6.75. The Bertz CT molecular complexity index is 489. The normalized spacial score (nSPS) is 10.4. The smallest absolute Gasteiger partial charge is 0.253 e. The monoisotopic (exact) mass is 207 g/mol. The molecule has 0 amide bonds. The lowest BCUT2D eigenvalue weighted by Gasteiger charge is -1.99. The molecule has 2 heterocycles. The van der Waals surface area contributed by atoms with Crippen molar-refractivity contribution >= 4 is 11.3 Å². The summed E-state index contributed by atoms with van der Waals surface area (Å²) in [6.45, 7) is 2.50. The lowest BCUT2D eigenvalue weighted by Crippen LogP contribution is -2.18. The fourth-order valence-electron chi connectivity index (χ4n) is 1.14. The molecule has 0 atom stereocenters. The van der Waals surface area contributed by atoms with Gasteiger partial charge in [0.2, 0.25) is 0 Å². The average Bonchev–Trinajstić information content (AvgIpc) is 2.56. The molecule has 0 fully saturated rings. The fraction of sp³-hybridized carbons (Fsp3) is 0.222. The summed E-state index contributed by atoms with van der Waals surface area (Å²) in [7, 11) is 0. The second-order valence-corrected chi connectivity index (χ2v) is 4.21. The first kappa shape index (κ1) is 9.08. The summed E-state index contributed by atoms with van der Waals surface area (Å²) >= 11 is 1.59. The minimum absolute atomic E-state index is 0.0361. The van der Waals surface area contributed by atoms with Gasteiger partial charge in [-0.1, -0.05) is 0 Å². The Morgan fingerprint density at radius 1 is 1.57 bits per heavy atom. The molecule has 0 aliphatic rings. The van der Waals surface area contributed by atoms with Gasteiger partial charge in [-0.25, -0.2) is 9.97 Å². The topological polar surface area (TPSA) is 47.8 Å². The van der Waals surface area contributed by atoms with Gasteiger partial charge in [0, 0.05) is 23.3 Å². The van der Waals surface area contributed by atoms with Crippen molar-refractivity contribution < 1.29 is 0 Å². The molecule has 2 aromatic heterocycles. The maximum Gasteiger partial charge on any atom is 0.253 e. The van der Waals surface area contributed by atoms with Crippen molar-refractivity contribution in [2.24, 2.45) is 0 Å². The summed E-state index contributed by atoms with van der Waals surface area (Å²) in [4.78, 5) is 20.4. The van der Waals surface area contributed by atoms with Gasteiger partial charge in [-0.2, -0.15) is 0 Å². The molecular formula is C9H9N3OS. The van der Waals surface area contributed by atoms with Gasteiger partial charge >= 0.3 is 0 Å². The van der Waals surface area contributed by atoms with Gasteiger partial charge < -0.3 is 0 Å². The van der Waals surface area contributed by atoms with Gasteiger partial charge in [0.1, 0.15) is 0 Å². The number of hydrogen-bond donors (Lipinski definition) is 0. The third kappa shape index (κ3) is 1.88. The first-order valence-electron chi connectivity index (χ1n) is 4.17. The molecule has 0 saturated heterocycles. The molecular weight excluding hydrogens is 198 g/mol. The van der Waals surface area contributed by atoms with E-state index >= 15 is 0 Å². The predicted molar refractivity (Wildman–Crippen MR) is 54.5 cm³/mol. The van der Waals surface area contributed by atoms with E-state index < -0.39 is 0 Å². The second-order valence-electron chi connectivity index (χ2n) is 2.89. The third-order valence-corrected chi connectivity index (χ3v) is 2.69. The van der Waals surface area contributed by atoms with Crippen LogP contribution >= 0.6 is 11.3 Å². The van der Waals surface area contributed by atoms with Gasteiger partial charge in [0.05, 0.1) is 17.9 Å². The molecule has 0 aliphatic heterocycles. The van der Waals surface area contributed by atoms with Crippen LogP contribution < -0.4 is 5.56 Å². The summed E-state index contributed by atoms with van der Waals surface area (Å²) in [5.41, 5.74) is -0.0361. The van der Waals surface area contributed by atoms with Crippen molar-refractivity contribution in [3.63, 3.8) is 0 Å². The van der Waals surface area contributed by atoms with E-state index in [1.807, 2.05) is 6.92 Å². The molecule has 0 unspecified atom stereocenters. The molecule has 0 aliphatic carbocycles. The highest BCUT2D eigenvalue weighted by Gasteiger charge is 2.00. The third-order valence-electron chi connectivity index (χ3n) is 1.79. The second kappa shape index (κ2) is 3.71. The van der Waals surface area contributed by atoms with Crippen molar-refractivity contribution in [2.75, 3.05) is 0 Å². The summed E-state index contributed by atoms with van der Waals surface area (Å²) in [6, 6.07) is 1.45. The number of rotatable bonds is 2. The van der Waals surface area contributed by atoms with E-state index in [0.29, 0.717) is 6.54 Å². The molecule has 72 valence electrons. The minimum Gasteiger partial charge on any atom is -0.294 e. The number of aryl methyl sites for hydroxylation is 1. The highest BCUT2D eigenvalue weighted by Crippen LogP contribution is 2.11. The van der Waals surface area contributed by atoms with Crippen LogP contribution in [0.4, 0.5) is 0 Å². The van der Waals surface area contributed by atoms with E-state index in [1.165, 1.54) is 18.6 Å². The minimum atomic E-state index is -0.0361. The SMILES string of the molecule is Cc1ncc(Cn2cnccc2=O)s1. The van der Waals surface area contributed by atoms with Gasteiger partial charge in [-0.15, -0.1) is 11.3 Å². The van der Waals surface area contributed by atoms with Crippen molar-refractivity contribution in [2.45, 2.75) is 13.5 Å². The molecule has 0 radical (unpaired) electrons. The van der Waals surface area contributed by atoms with E-state index in [1.54, 1.807) is 22.1 Å². The molecule has 14 heavy (non-hydrogen) atoms. The zero-order chi connectivity index (χ0) is 9.97.